The van der Waals surface area contributed by atoms with Crippen LogP contribution in [0.4, 0.5) is 0 Å². The number of rotatable bonds is 5. The molecule has 0 aliphatic carbocycles. The Hall–Kier alpha value is -4.07. The molecular weight excluding hydrogens is 416 g/mol. The number of piperidine rings is 1. The van der Waals surface area contributed by atoms with E-state index in [1.54, 1.807) is 0 Å². The van der Waals surface area contributed by atoms with Gasteiger partial charge < -0.3 is 20.7 Å². The molecule has 2 aliphatic rings. The van der Waals surface area contributed by atoms with Crippen molar-refractivity contribution in [3.8, 4) is 22.8 Å². The predicted molar refractivity (Wildman–Crippen MR) is 126 cm³/mol. The molecule has 0 saturated carbocycles. The second-order valence-corrected chi connectivity index (χ2v) is 8.12. The molecule has 8 nitrogen and oxygen atoms in total. The number of nitrogens with zero attached hydrogens (tertiary/aromatic N) is 4. The molecule has 1 fully saturated rings. The fraction of sp³-hybridized carbons (Fsp3) is 0.240. The van der Waals surface area contributed by atoms with Crippen molar-refractivity contribution in [1.82, 2.24) is 20.0 Å². The van der Waals surface area contributed by atoms with E-state index < -0.39 is 0 Å². The van der Waals surface area contributed by atoms with Crippen LogP contribution in [-0.4, -0.2) is 40.3 Å². The maximum Gasteiger partial charge on any atom is 0.246 e. The van der Waals surface area contributed by atoms with E-state index >= 15 is 0 Å². The normalized spacial score (nSPS) is 17.5. The summed E-state index contributed by atoms with van der Waals surface area (Å²) in [4.78, 5) is 18.7. The summed E-state index contributed by atoms with van der Waals surface area (Å²) in [6.45, 7) is 5.32. The Kier molecular flexibility index (Phi) is 5.56. The molecule has 2 aliphatic heterocycles. The molecule has 0 radical (unpaired) electrons. The van der Waals surface area contributed by atoms with E-state index in [9.17, 15) is 4.79 Å². The summed E-state index contributed by atoms with van der Waals surface area (Å²) in [5, 5.41) is 8.86. The van der Waals surface area contributed by atoms with Gasteiger partial charge in [0.1, 0.15) is 29.7 Å². The van der Waals surface area contributed by atoms with E-state index in [0.717, 1.165) is 52.8 Å². The van der Waals surface area contributed by atoms with Gasteiger partial charge in [-0.05, 0) is 55.3 Å². The van der Waals surface area contributed by atoms with E-state index in [4.69, 9.17) is 15.6 Å². The van der Waals surface area contributed by atoms with Crippen LogP contribution in [0.1, 0.15) is 18.9 Å². The maximum absolute atomic E-state index is 12.2. The second kappa shape index (κ2) is 8.82. The Balaban J connectivity index is 1.50. The summed E-state index contributed by atoms with van der Waals surface area (Å²) in [6, 6.07) is 17.5. The van der Waals surface area contributed by atoms with Gasteiger partial charge in [-0.1, -0.05) is 24.8 Å². The summed E-state index contributed by atoms with van der Waals surface area (Å²) in [5.41, 5.74) is 8.78. The third kappa shape index (κ3) is 4.07. The molecule has 3 aromatic rings. The number of carbonyl (C=O) groups is 1. The smallest absolute Gasteiger partial charge is 0.246 e. The number of carbonyl (C=O) groups excluding carboxylic acids is 1. The number of para-hydroxylation sites is 1. The number of amides is 1. The first kappa shape index (κ1) is 20.8. The standard InChI is InChI=1S/C25H26N6O2/c1-2-21(32)30-14-6-7-18(15-30)31-25-22(24(26)27-16-28-25)23(29-31)17-10-12-20(13-11-17)33-19-8-4-3-5-9-19/h2-5,8-13,18,27H,1,6-7,14-16,26H2. The molecule has 1 saturated heterocycles. The van der Waals surface area contributed by atoms with Gasteiger partial charge in [0.05, 0.1) is 11.3 Å². The predicted octanol–water partition coefficient (Wildman–Crippen LogP) is 1.90. The first-order valence-electron chi connectivity index (χ1n) is 11.1. The number of benzene rings is 2. The lowest BCUT2D eigenvalue weighted by molar-refractivity contribution is -0.127. The second-order valence-electron chi connectivity index (χ2n) is 8.12. The highest BCUT2D eigenvalue weighted by molar-refractivity contribution is 5.87. The minimum absolute atomic E-state index is 0.0282. The molecule has 1 amide bonds. The van der Waals surface area contributed by atoms with Crippen molar-refractivity contribution in [2.24, 2.45) is 10.7 Å². The molecule has 2 aromatic carbocycles. The highest BCUT2D eigenvalue weighted by Gasteiger charge is 2.27. The van der Waals surface area contributed by atoms with Crippen LogP contribution in [0.25, 0.3) is 17.1 Å². The van der Waals surface area contributed by atoms with Gasteiger partial charge in [0.15, 0.2) is 5.49 Å². The molecule has 3 N–H and O–H groups in total. The lowest BCUT2D eigenvalue weighted by Gasteiger charge is -2.32. The monoisotopic (exact) mass is 442 g/mol. The molecule has 1 atom stereocenters. The maximum atomic E-state index is 12.2. The molecule has 33 heavy (non-hydrogen) atoms. The van der Waals surface area contributed by atoms with Crippen LogP contribution in [0, 0.1) is 0 Å². The third-order valence-electron chi connectivity index (χ3n) is 5.99. The van der Waals surface area contributed by atoms with E-state index in [1.807, 2.05) is 64.2 Å². The molecule has 5 rings (SSSR count). The fourth-order valence-corrected chi connectivity index (χ4v) is 4.36. The van der Waals surface area contributed by atoms with Crippen molar-refractivity contribution in [2.45, 2.75) is 18.9 Å². The van der Waals surface area contributed by atoms with Crippen LogP contribution < -0.4 is 26.5 Å². The van der Waals surface area contributed by atoms with Crippen molar-refractivity contribution in [3.05, 3.63) is 78.0 Å². The molecule has 0 bridgehead atoms. The largest absolute Gasteiger partial charge is 0.457 e. The highest BCUT2D eigenvalue weighted by Crippen LogP contribution is 2.25. The van der Waals surface area contributed by atoms with Crippen LogP contribution in [-0.2, 0) is 4.79 Å². The summed E-state index contributed by atoms with van der Waals surface area (Å²) in [6.07, 6.45) is 3.18. The van der Waals surface area contributed by atoms with Gasteiger partial charge in [0, 0.05) is 18.7 Å². The average molecular weight is 443 g/mol. The van der Waals surface area contributed by atoms with Gasteiger partial charge in [-0.15, -0.1) is 0 Å². The van der Waals surface area contributed by atoms with Gasteiger partial charge in [0.2, 0.25) is 5.91 Å². The number of ether oxygens (including phenoxy) is 1. The Morgan fingerprint density at radius 3 is 2.67 bits per heavy atom. The van der Waals surface area contributed by atoms with Crippen LogP contribution >= 0.6 is 0 Å². The van der Waals surface area contributed by atoms with Crippen molar-refractivity contribution in [1.29, 1.82) is 0 Å². The Morgan fingerprint density at radius 2 is 1.91 bits per heavy atom. The number of likely N-dealkylation sites (tertiary alicyclic amines) is 1. The van der Waals surface area contributed by atoms with Gasteiger partial charge in [-0.3, -0.25) is 4.79 Å². The number of nitrogens with two attached hydrogens (primary N) is 1. The van der Waals surface area contributed by atoms with Crippen molar-refractivity contribution in [3.63, 3.8) is 0 Å². The highest BCUT2D eigenvalue weighted by atomic mass is 16.5. The molecular formula is C25H26N6O2. The molecule has 1 aromatic heterocycles. The lowest BCUT2D eigenvalue weighted by atomic mass is 10.1. The Labute approximate surface area is 191 Å². The first-order chi connectivity index (χ1) is 16.1. The van der Waals surface area contributed by atoms with Crippen LogP contribution in [0.5, 0.6) is 11.5 Å². The number of nitrogens with one attached hydrogen (secondary N) is 1. The van der Waals surface area contributed by atoms with Crippen LogP contribution in [0.3, 0.4) is 0 Å². The minimum atomic E-state index is -0.0559. The van der Waals surface area contributed by atoms with Gasteiger partial charge >= 0.3 is 0 Å². The lowest BCUT2D eigenvalue weighted by Crippen LogP contribution is -2.47. The first-order valence-corrected chi connectivity index (χ1v) is 11.1. The number of fused-ring (bicyclic) bond motifs is 1. The quantitative estimate of drug-likeness (QED) is 0.588. The fourth-order valence-electron chi connectivity index (χ4n) is 4.36. The van der Waals surface area contributed by atoms with Gasteiger partial charge in [-0.2, -0.15) is 5.10 Å². The zero-order valence-corrected chi connectivity index (χ0v) is 18.3. The molecule has 0 spiro atoms. The van der Waals surface area contributed by atoms with Crippen LogP contribution in [0.2, 0.25) is 0 Å². The number of hydrogen-bond donors (Lipinski definition) is 2. The summed E-state index contributed by atoms with van der Waals surface area (Å²) in [5.74, 6) is 2.02. The molecule has 3 heterocycles. The SMILES string of the molecule is C=CC(=O)N1CCCC(n2nc(-c3ccc(Oc4ccccc4)cc3)c3c2=NCNC=3N)C1. The van der Waals surface area contributed by atoms with E-state index in [-0.39, 0.29) is 11.9 Å². The Morgan fingerprint density at radius 1 is 1.15 bits per heavy atom. The third-order valence-corrected chi connectivity index (χ3v) is 5.99. The van der Waals surface area contributed by atoms with Crippen molar-refractivity contribution < 1.29 is 9.53 Å². The average Bonchev–Trinajstić information content (AvgIpc) is 3.26. The number of hydrogen-bond acceptors (Lipinski definition) is 6. The molecule has 1 unspecified atom stereocenters. The van der Waals surface area contributed by atoms with E-state index in [2.05, 4.69) is 16.9 Å². The zero-order chi connectivity index (χ0) is 22.8. The van der Waals surface area contributed by atoms with Gasteiger partial charge in [-0.25, -0.2) is 9.67 Å². The molecule has 168 valence electrons. The minimum Gasteiger partial charge on any atom is -0.457 e. The van der Waals surface area contributed by atoms with E-state index in [1.165, 1.54) is 6.08 Å². The van der Waals surface area contributed by atoms with Gasteiger partial charge in [0.25, 0.3) is 0 Å². The Bertz CT molecular complexity index is 1300. The van der Waals surface area contributed by atoms with Crippen molar-refractivity contribution >= 4 is 11.7 Å². The van der Waals surface area contributed by atoms with E-state index in [0.29, 0.717) is 19.0 Å². The summed E-state index contributed by atoms with van der Waals surface area (Å²) < 4.78 is 7.86. The zero-order valence-electron chi connectivity index (χ0n) is 18.3. The number of aromatic nitrogens is 2. The summed E-state index contributed by atoms with van der Waals surface area (Å²) in [7, 11) is 0. The van der Waals surface area contributed by atoms with Crippen LogP contribution in [0.15, 0.2) is 72.2 Å². The topological polar surface area (TPSA) is 97.8 Å². The summed E-state index contributed by atoms with van der Waals surface area (Å²) >= 11 is 0. The van der Waals surface area contributed by atoms with Crippen molar-refractivity contribution in [2.75, 3.05) is 19.8 Å². The molecule has 8 heteroatoms.